The molecule has 1 aromatic heterocycles. The number of rotatable bonds is 6. The first-order valence-corrected chi connectivity index (χ1v) is 12.1. The van der Waals surface area contributed by atoms with Crippen molar-refractivity contribution in [3.63, 3.8) is 0 Å². The Morgan fingerprint density at radius 2 is 1.79 bits per heavy atom. The van der Waals surface area contributed by atoms with Crippen molar-refractivity contribution in [3.8, 4) is 6.07 Å². The molecule has 7 nitrogen and oxygen atoms in total. The van der Waals surface area contributed by atoms with Crippen LogP contribution in [-0.2, 0) is 6.54 Å². The average molecular weight is 468 g/mol. The highest BCUT2D eigenvalue weighted by atomic mass is 32.1. The summed E-state index contributed by atoms with van der Waals surface area (Å²) in [5.41, 5.74) is 1.83. The van der Waals surface area contributed by atoms with Crippen LogP contribution in [0.25, 0.3) is 0 Å². The van der Waals surface area contributed by atoms with E-state index in [9.17, 15) is 14.9 Å². The van der Waals surface area contributed by atoms with E-state index in [0.717, 1.165) is 42.8 Å². The van der Waals surface area contributed by atoms with E-state index in [4.69, 9.17) is 0 Å². The molecular formula is C25H33N5O2S. The maximum absolute atomic E-state index is 13.3. The molecule has 1 aliphatic rings. The number of benzene rings is 1. The van der Waals surface area contributed by atoms with Gasteiger partial charge in [-0.1, -0.05) is 32.0 Å². The zero-order chi connectivity index (χ0) is 24.4. The fraction of sp³-hybridized carbons (Fsp3) is 0.440. The molecule has 0 atom stereocenters. The lowest BCUT2D eigenvalue weighted by atomic mass is 10.1. The molecule has 0 spiro atoms. The highest BCUT2D eigenvalue weighted by Crippen LogP contribution is 2.32. The molecule has 0 aliphatic carbocycles. The quantitative estimate of drug-likeness (QED) is 0.453. The summed E-state index contributed by atoms with van der Waals surface area (Å²) in [5, 5.41) is 9.32. The number of aliphatic imine (C=N–C) groups is 1. The molecule has 0 N–H and O–H groups in total. The van der Waals surface area contributed by atoms with Crippen molar-refractivity contribution in [3.05, 3.63) is 51.2 Å². The molecule has 1 aliphatic heterocycles. The van der Waals surface area contributed by atoms with Gasteiger partial charge >= 0.3 is 0 Å². The normalized spacial score (nSPS) is 13.2. The van der Waals surface area contributed by atoms with Crippen LogP contribution in [-0.4, -0.2) is 67.1 Å². The number of piperidine rings is 1. The van der Waals surface area contributed by atoms with Crippen molar-refractivity contribution in [1.29, 1.82) is 5.26 Å². The molecule has 0 radical (unpaired) electrons. The molecule has 3 rings (SSSR count). The Bertz CT molecular complexity index is 1020. The van der Waals surface area contributed by atoms with Gasteiger partial charge in [0.25, 0.3) is 11.8 Å². The fourth-order valence-electron chi connectivity index (χ4n) is 3.40. The van der Waals surface area contributed by atoms with Gasteiger partial charge in [-0.15, -0.1) is 11.3 Å². The second-order valence-electron chi connectivity index (χ2n) is 7.80. The van der Waals surface area contributed by atoms with Crippen LogP contribution >= 0.6 is 11.3 Å². The average Bonchev–Trinajstić information content (AvgIpc) is 3.28. The van der Waals surface area contributed by atoms with Crippen LogP contribution in [0, 0.1) is 11.3 Å². The number of hydrogen-bond acceptors (Lipinski definition) is 5. The molecular weight excluding hydrogens is 434 g/mol. The number of nitriles is 1. The minimum atomic E-state index is -0.221. The van der Waals surface area contributed by atoms with Crippen LogP contribution < -0.4 is 0 Å². The number of nitrogens with zero attached hydrogens (tertiary/aromatic N) is 5. The molecule has 2 aromatic rings. The van der Waals surface area contributed by atoms with E-state index < -0.39 is 0 Å². The Hall–Kier alpha value is -3.18. The van der Waals surface area contributed by atoms with Crippen LogP contribution in [0.4, 0.5) is 5.69 Å². The van der Waals surface area contributed by atoms with Crippen molar-refractivity contribution in [2.45, 2.75) is 39.7 Å². The second kappa shape index (κ2) is 12.8. The summed E-state index contributed by atoms with van der Waals surface area (Å²) >= 11 is 1.16. The predicted molar refractivity (Wildman–Crippen MR) is 134 cm³/mol. The summed E-state index contributed by atoms with van der Waals surface area (Å²) in [7, 11) is 5.07. The van der Waals surface area contributed by atoms with Crippen LogP contribution in [0.1, 0.15) is 63.6 Å². The largest absolute Gasteiger partial charge is 0.363 e. The van der Waals surface area contributed by atoms with E-state index in [0.29, 0.717) is 27.5 Å². The van der Waals surface area contributed by atoms with Gasteiger partial charge in [-0.05, 0) is 37.0 Å². The zero-order valence-electron chi connectivity index (χ0n) is 20.2. The van der Waals surface area contributed by atoms with Gasteiger partial charge in [0.15, 0.2) is 0 Å². The lowest BCUT2D eigenvalue weighted by Crippen LogP contribution is -2.28. The van der Waals surface area contributed by atoms with Crippen LogP contribution in [0.2, 0.25) is 0 Å². The van der Waals surface area contributed by atoms with Crippen molar-refractivity contribution >= 4 is 35.2 Å². The van der Waals surface area contributed by atoms with Crippen LogP contribution in [0.5, 0.6) is 0 Å². The van der Waals surface area contributed by atoms with Gasteiger partial charge in [0, 0.05) is 40.8 Å². The van der Waals surface area contributed by atoms with E-state index in [2.05, 4.69) is 16.0 Å². The topological polar surface area (TPSA) is 80.0 Å². The number of hydrogen-bond donors (Lipinski definition) is 0. The molecule has 1 saturated heterocycles. The van der Waals surface area contributed by atoms with Gasteiger partial charge in [-0.2, -0.15) is 5.26 Å². The predicted octanol–water partition coefficient (Wildman–Crippen LogP) is 4.77. The summed E-state index contributed by atoms with van der Waals surface area (Å²) in [6, 6.07) is 11.1. The van der Waals surface area contributed by atoms with E-state index in [1.54, 1.807) is 50.6 Å². The molecule has 0 bridgehead atoms. The molecule has 2 heterocycles. The maximum Gasteiger partial charge on any atom is 0.266 e. The number of carbonyl (C=O) groups excluding carboxylic acids is 2. The molecule has 176 valence electrons. The van der Waals surface area contributed by atoms with Gasteiger partial charge in [-0.3, -0.25) is 9.59 Å². The Kier molecular flexibility index (Phi) is 10.1. The molecule has 0 saturated carbocycles. The Morgan fingerprint density at radius 3 is 2.42 bits per heavy atom. The van der Waals surface area contributed by atoms with Gasteiger partial charge in [0.1, 0.15) is 4.88 Å². The number of thiophene rings is 1. The summed E-state index contributed by atoms with van der Waals surface area (Å²) in [6.45, 7) is 6.20. The van der Waals surface area contributed by atoms with Crippen molar-refractivity contribution in [1.82, 2.24) is 14.7 Å². The highest BCUT2D eigenvalue weighted by Gasteiger charge is 2.23. The minimum absolute atomic E-state index is 0.157. The first-order chi connectivity index (χ1) is 15.9. The molecule has 1 aromatic carbocycles. The van der Waals surface area contributed by atoms with Crippen molar-refractivity contribution in [2.75, 3.05) is 34.2 Å². The Balaban J connectivity index is 0.00000187. The van der Waals surface area contributed by atoms with Gasteiger partial charge in [0.2, 0.25) is 0 Å². The number of likely N-dealkylation sites (tertiary alicyclic amines) is 1. The molecule has 8 heteroatoms. The second-order valence-corrected chi connectivity index (χ2v) is 8.85. The van der Waals surface area contributed by atoms with E-state index >= 15 is 0 Å². The third-order valence-corrected chi connectivity index (χ3v) is 6.27. The smallest absolute Gasteiger partial charge is 0.266 e. The zero-order valence-corrected chi connectivity index (χ0v) is 21.0. The maximum atomic E-state index is 13.3. The third-order valence-electron chi connectivity index (χ3n) is 5.17. The van der Waals surface area contributed by atoms with Gasteiger partial charge in [0.05, 0.1) is 28.5 Å². The minimum Gasteiger partial charge on any atom is -0.363 e. The van der Waals surface area contributed by atoms with Crippen LogP contribution in [0.15, 0.2) is 35.3 Å². The monoisotopic (exact) mass is 467 g/mol. The lowest BCUT2D eigenvalue weighted by Gasteiger charge is -2.23. The summed E-state index contributed by atoms with van der Waals surface area (Å²) in [6.07, 6.45) is 5.27. The SMILES string of the molecule is CC.CN(C)C(=O)c1cc(N=CN2CCCCC2)c(C(=O)N(C)Cc2ccccc2C#N)s1. The Morgan fingerprint density at radius 1 is 1.12 bits per heavy atom. The van der Waals surface area contributed by atoms with Gasteiger partial charge in [-0.25, -0.2) is 4.99 Å². The lowest BCUT2D eigenvalue weighted by molar-refractivity contribution is 0.0790. The molecule has 2 amide bonds. The van der Waals surface area contributed by atoms with E-state index in [1.807, 2.05) is 26.0 Å². The standard InChI is InChI=1S/C23H27N5O2S.C2H6/c1-26(2)22(29)20-13-19(25-16-28-11-7-4-8-12-28)21(31-20)23(30)27(3)15-18-10-6-5-9-17(18)14-24;1-2/h5-6,9-10,13,16H,4,7-8,11-12,15H2,1-3H3;1-2H3. The molecule has 0 unspecified atom stereocenters. The van der Waals surface area contributed by atoms with Gasteiger partial charge < -0.3 is 14.7 Å². The fourth-order valence-corrected chi connectivity index (χ4v) is 4.52. The summed E-state index contributed by atoms with van der Waals surface area (Å²) in [4.78, 5) is 36.4. The first-order valence-electron chi connectivity index (χ1n) is 11.3. The summed E-state index contributed by atoms with van der Waals surface area (Å²) < 4.78 is 0. The summed E-state index contributed by atoms with van der Waals surface area (Å²) in [5.74, 6) is -0.378. The molecule has 1 fully saturated rings. The Labute approximate surface area is 200 Å². The third kappa shape index (κ3) is 6.90. The number of carbonyl (C=O) groups is 2. The molecule has 33 heavy (non-hydrogen) atoms. The van der Waals surface area contributed by atoms with E-state index in [-0.39, 0.29) is 11.8 Å². The van der Waals surface area contributed by atoms with Crippen molar-refractivity contribution < 1.29 is 9.59 Å². The van der Waals surface area contributed by atoms with Crippen molar-refractivity contribution in [2.24, 2.45) is 4.99 Å². The van der Waals surface area contributed by atoms with E-state index in [1.165, 1.54) is 11.3 Å². The highest BCUT2D eigenvalue weighted by molar-refractivity contribution is 7.16. The number of amides is 2. The first kappa shape index (κ1) is 26.1. The van der Waals surface area contributed by atoms with Crippen LogP contribution in [0.3, 0.4) is 0 Å².